The van der Waals surface area contributed by atoms with E-state index < -0.39 is 22.7 Å². The predicted molar refractivity (Wildman–Crippen MR) is 103 cm³/mol. The predicted octanol–water partition coefficient (Wildman–Crippen LogP) is 4.13. The van der Waals surface area contributed by atoms with E-state index in [2.05, 4.69) is 0 Å². The van der Waals surface area contributed by atoms with Gasteiger partial charge in [-0.05, 0) is 44.1 Å². The van der Waals surface area contributed by atoms with Gasteiger partial charge in [0.25, 0.3) is 0 Å². The van der Waals surface area contributed by atoms with Crippen LogP contribution in [0.25, 0.3) is 6.08 Å². The van der Waals surface area contributed by atoms with Crippen molar-refractivity contribution in [1.82, 2.24) is 0 Å². The zero-order chi connectivity index (χ0) is 19.8. The van der Waals surface area contributed by atoms with E-state index in [4.69, 9.17) is 13.9 Å². The maximum Gasteiger partial charge on any atom is 0.351 e. The second-order valence-electron chi connectivity index (χ2n) is 6.00. The van der Waals surface area contributed by atoms with Crippen LogP contribution in [0.15, 0.2) is 39.6 Å². The Hall–Kier alpha value is -3.02. The van der Waals surface area contributed by atoms with Gasteiger partial charge < -0.3 is 19.0 Å². The summed E-state index contributed by atoms with van der Waals surface area (Å²) in [6.45, 7) is 6.66. The van der Waals surface area contributed by atoms with Crippen molar-refractivity contribution >= 4 is 11.9 Å². The molecule has 2 rings (SSSR count). The van der Waals surface area contributed by atoms with Gasteiger partial charge in [-0.1, -0.05) is 13.8 Å². The van der Waals surface area contributed by atoms with Crippen molar-refractivity contribution in [2.24, 2.45) is 0 Å². The fraction of sp³-hybridized carbons (Fsp3) is 0.333. The first-order chi connectivity index (χ1) is 13.0. The van der Waals surface area contributed by atoms with Crippen LogP contribution in [0.1, 0.15) is 48.4 Å². The van der Waals surface area contributed by atoms with E-state index in [1.165, 1.54) is 25.1 Å². The molecule has 6 nitrogen and oxygen atoms in total. The maximum atomic E-state index is 12.3. The first-order valence-electron chi connectivity index (χ1n) is 8.92. The quantitative estimate of drug-likeness (QED) is 0.526. The van der Waals surface area contributed by atoms with Crippen LogP contribution in [0.3, 0.4) is 0 Å². The molecule has 0 aliphatic heterocycles. The third-order valence-corrected chi connectivity index (χ3v) is 3.63. The average molecular weight is 372 g/mol. The van der Waals surface area contributed by atoms with Crippen LogP contribution in [0.2, 0.25) is 0 Å². The molecule has 0 spiro atoms. The molecule has 0 bridgehead atoms. The van der Waals surface area contributed by atoms with E-state index in [1.807, 2.05) is 13.8 Å². The molecule has 1 aromatic heterocycles. The Balaban J connectivity index is 2.29. The normalized spacial score (nSPS) is 10.9. The molecule has 1 N–H and O–H groups in total. The number of ether oxygens (including phenoxy) is 2. The molecule has 0 fully saturated rings. The highest BCUT2D eigenvalue weighted by atomic mass is 16.5. The molecule has 0 aliphatic carbocycles. The van der Waals surface area contributed by atoms with E-state index in [0.29, 0.717) is 30.3 Å². The third-order valence-electron chi connectivity index (χ3n) is 3.63. The van der Waals surface area contributed by atoms with Gasteiger partial charge in [0.05, 0.1) is 13.2 Å². The third kappa shape index (κ3) is 5.48. The monoisotopic (exact) mass is 372 g/mol. The number of carbonyl (C=O) groups is 1. The van der Waals surface area contributed by atoms with Crippen molar-refractivity contribution in [2.75, 3.05) is 13.2 Å². The molecule has 144 valence electrons. The van der Waals surface area contributed by atoms with E-state index in [1.54, 1.807) is 18.2 Å². The molecule has 0 amide bonds. The topological polar surface area (TPSA) is 86.0 Å². The van der Waals surface area contributed by atoms with Gasteiger partial charge >= 0.3 is 5.63 Å². The molecule has 6 heteroatoms. The summed E-state index contributed by atoms with van der Waals surface area (Å²) in [4.78, 5) is 24.2. The minimum atomic E-state index is -0.868. The van der Waals surface area contributed by atoms with Crippen LogP contribution in [0.5, 0.6) is 17.2 Å². The summed E-state index contributed by atoms with van der Waals surface area (Å²) >= 11 is 0. The molecule has 0 saturated heterocycles. The molecular formula is C21H24O6. The van der Waals surface area contributed by atoms with Gasteiger partial charge in [0.2, 0.25) is 0 Å². The number of ketones is 1. The van der Waals surface area contributed by atoms with Crippen LogP contribution < -0.4 is 15.1 Å². The molecule has 0 saturated carbocycles. The van der Waals surface area contributed by atoms with E-state index in [-0.39, 0.29) is 5.76 Å². The second kappa shape index (κ2) is 9.62. The van der Waals surface area contributed by atoms with Crippen molar-refractivity contribution in [3.63, 3.8) is 0 Å². The van der Waals surface area contributed by atoms with Gasteiger partial charge in [0.1, 0.15) is 28.6 Å². The lowest BCUT2D eigenvalue weighted by molar-refractivity contribution is 0.104. The number of benzene rings is 1. The number of carbonyl (C=O) groups excluding carboxylic acids is 1. The summed E-state index contributed by atoms with van der Waals surface area (Å²) < 4.78 is 16.2. The number of aryl methyl sites for hydroxylation is 1. The Morgan fingerprint density at radius 3 is 2.52 bits per heavy atom. The van der Waals surface area contributed by atoms with Crippen LogP contribution in [0, 0.1) is 6.92 Å². The zero-order valence-electron chi connectivity index (χ0n) is 15.8. The fourth-order valence-electron chi connectivity index (χ4n) is 2.37. The second-order valence-corrected chi connectivity index (χ2v) is 6.00. The summed E-state index contributed by atoms with van der Waals surface area (Å²) in [7, 11) is 0. The highest BCUT2D eigenvalue weighted by Gasteiger charge is 2.16. The largest absolute Gasteiger partial charge is 0.507 e. The maximum absolute atomic E-state index is 12.3. The van der Waals surface area contributed by atoms with E-state index >= 15 is 0 Å². The Morgan fingerprint density at radius 1 is 1.15 bits per heavy atom. The molecule has 0 atom stereocenters. The molecular weight excluding hydrogens is 348 g/mol. The first-order valence-corrected chi connectivity index (χ1v) is 8.92. The van der Waals surface area contributed by atoms with Crippen molar-refractivity contribution in [1.29, 1.82) is 0 Å². The number of aromatic hydroxyl groups is 1. The number of hydrogen-bond acceptors (Lipinski definition) is 6. The molecule has 2 aromatic rings. The van der Waals surface area contributed by atoms with Gasteiger partial charge in [-0.2, -0.15) is 0 Å². The van der Waals surface area contributed by atoms with Crippen molar-refractivity contribution in [2.45, 2.75) is 33.6 Å². The number of allylic oxidation sites excluding steroid dienone is 1. The summed E-state index contributed by atoms with van der Waals surface area (Å²) in [5, 5.41) is 9.87. The van der Waals surface area contributed by atoms with Gasteiger partial charge in [0, 0.05) is 17.7 Å². The minimum Gasteiger partial charge on any atom is -0.507 e. The highest BCUT2D eigenvalue weighted by molar-refractivity contribution is 6.08. The van der Waals surface area contributed by atoms with Crippen molar-refractivity contribution in [3.8, 4) is 17.2 Å². The summed E-state index contributed by atoms with van der Waals surface area (Å²) in [5.74, 6) is 0.451. The average Bonchev–Trinajstić information content (AvgIpc) is 2.62. The SMILES string of the molecule is CCCOc1ccc(/C=C/C(=O)c2c(O)cc(C)oc2=O)c(OCCC)c1. The Labute approximate surface area is 158 Å². The number of hydrogen-bond donors (Lipinski definition) is 1. The van der Waals surface area contributed by atoms with Crippen molar-refractivity contribution in [3.05, 3.63) is 57.6 Å². The molecule has 0 unspecified atom stereocenters. The van der Waals surface area contributed by atoms with Gasteiger partial charge in [0.15, 0.2) is 5.78 Å². The lowest BCUT2D eigenvalue weighted by atomic mass is 10.1. The molecule has 1 aromatic carbocycles. The van der Waals surface area contributed by atoms with Crippen LogP contribution in [-0.4, -0.2) is 24.1 Å². The Bertz CT molecular complexity index is 879. The van der Waals surface area contributed by atoms with Gasteiger partial charge in [-0.3, -0.25) is 4.79 Å². The van der Waals surface area contributed by atoms with Crippen LogP contribution in [0.4, 0.5) is 0 Å². The smallest absolute Gasteiger partial charge is 0.351 e. The summed E-state index contributed by atoms with van der Waals surface area (Å²) in [6.07, 6.45) is 4.47. The molecule has 0 aliphatic rings. The summed E-state index contributed by atoms with van der Waals surface area (Å²) in [5.41, 5.74) is -0.597. The van der Waals surface area contributed by atoms with E-state index in [0.717, 1.165) is 12.8 Å². The minimum absolute atomic E-state index is 0.232. The van der Waals surface area contributed by atoms with E-state index in [9.17, 15) is 14.7 Å². The lowest BCUT2D eigenvalue weighted by Crippen LogP contribution is -2.13. The standard InChI is InChI=1S/C21H24O6/c1-4-10-25-16-8-6-15(19(13-16)26-11-5-2)7-9-17(22)20-18(23)12-14(3)27-21(20)24/h6-9,12-13,23H,4-5,10-11H2,1-3H3/b9-7+. The molecule has 1 heterocycles. The first kappa shape index (κ1) is 20.3. The van der Waals surface area contributed by atoms with Crippen LogP contribution in [-0.2, 0) is 0 Å². The van der Waals surface area contributed by atoms with Gasteiger partial charge in [-0.25, -0.2) is 4.79 Å². The number of rotatable bonds is 9. The molecule has 27 heavy (non-hydrogen) atoms. The highest BCUT2D eigenvalue weighted by Crippen LogP contribution is 2.27. The zero-order valence-corrected chi connectivity index (χ0v) is 15.8. The molecule has 0 radical (unpaired) electrons. The lowest BCUT2D eigenvalue weighted by Gasteiger charge is -2.11. The summed E-state index contributed by atoms with van der Waals surface area (Å²) in [6, 6.07) is 6.57. The Kier molecular flexibility index (Phi) is 7.23. The Morgan fingerprint density at radius 2 is 1.85 bits per heavy atom. The van der Waals surface area contributed by atoms with Gasteiger partial charge in [-0.15, -0.1) is 0 Å². The fourth-order valence-corrected chi connectivity index (χ4v) is 2.37. The van der Waals surface area contributed by atoms with Crippen molar-refractivity contribution < 1.29 is 23.8 Å². The van der Waals surface area contributed by atoms with Crippen LogP contribution >= 0.6 is 0 Å².